The first kappa shape index (κ1) is 14.1. The maximum atomic E-state index is 4.54. The van der Waals surface area contributed by atoms with Crippen molar-refractivity contribution in [3.63, 3.8) is 0 Å². The fourth-order valence-electron chi connectivity index (χ4n) is 3.18. The number of aryl methyl sites for hydroxylation is 2. The van der Waals surface area contributed by atoms with Gasteiger partial charge in [0.05, 0.1) is 5.69 Å². The normalized spacial score (nSPS) is 20.6. The lowest BCUT2D eigenvalue weighted by Crippen LogP contribution is -2.21. The molecule has 1 aromatic carbocycles. The second-order valence-corrected chi connectivity index (χ2v) is 6.15. The van der Waals surface area contributed by atoms with Crippen LogP contribution >= 0.6 is 0 Å². The monoisotopic (exact) mass is 284 g/mol. The number of benzene rings is 1. The van der Waals surface area contributed by atoms with Crippen molar-refractivity contribution in [2.24, 2.45) is 7.05 Å². The Kier molecular flexibility index (Phi) is 3.72. The molecular formula is C17H24N4. The summed E-state index contributed by atoms with van der Waals surface area (Å²) >= 11 is 0. The second-order valence-electron chi connectivity index (χ2n) is 6.15. The molecule has 1 aliphatic rings. The van der Waals surface area contributed by atoms with E-state index in [0.717, 1.165) is 12.2 Å². The molecule has 112 valence electrons. The molecule has 2 aromatic rings. The summed E-state index contributed by atoms with van der Waals surface area (Å²) in [4.78, 5) is 2.14. The zero-order valence-electron chi connectivity index (χ0n) is 13.3. The fourth-order valence-corrected chi connectivity index (χ4v) is 3.18. The molecule has 1 fully saturated rings. The molecule has 3 rings (SSSR count). The molecule has 21 heavy (non-hydrogen) atoms. The van der Waals surface area contributed by atoms with E-state index < -0.39 is 0 Å². The van der Waals surface area contributed by atoms with E-state index in [0.29, 0.717) is 12.0 Å². The molecule has 4 heteroatoms. The molecule has 1 N–H and O–H groups in total. The number of rotatable bonds is 5. The highest BCUT2D eigenvalue weighted by molar-refractivity contribution is 5.49. The van der Waals surface area contributed by atoms with Crippen LogP contribution in [0.2, 0.25) is 0 Å². The number of anilines is 1. The summed E-state index contributed by atoms with van der Waals surface area (Å²) in [6, 6.07) is 11.4. The summed E-state index contributed by atoms with van der Waals surface area (Å²) in [6.07, 6.45) is 1.24. The average Bonchev–Trinajstić information content (AvgIpc) is 3.17. The lowest BCUT2D eigenvalue weighted by molar-refractivity contribution is 0.669. The lowest BCUT2D eigenvalue weighted by Gasteiger charge is -2.15. The highest BCUT2D eigenvalue weighted by Gasteiger charge is 2.37. The molecule has 2 atom stereocenters. The fraction of sp³-hybridized carbons (Fsp3) is 0.471. The van der Waals surface area contributed by atoms with Crippen molar-refractivity contribution in [1.29, 1.82) is 0 Å². The van der Waals surface area contributed by atoms with Crippen molar-refractivity contribution in [3.8, 4) is 0 Å². The van der Waals surface area contributed by atoms with Gasteiger partial charge in [-0.15, -0.1) is 0 Å². The van der Waals surface area contributed by atoms with Gasteiger partial charge in [-0.2, -0.15) is 5.10 Å². The van der Waals surface area contributed by atoms with Crippen LogP contribution in [0.3, 0.4) is 0 Å². The number of hydrogen-bond acceptors (Lipinski definition) is 3. The molecule has 1 saturated carbocycles. The van der Waals surface area contributed by atoms with Crippen LogP contribution in [-0.2, 0) is 13.6 Å². The molecular weight excluding hydrogens is 260 g/mol. The quantitative estimate of drug-likeness (QED) is 0.915. The van der Waals surface area contributed by atoms with Crippen LogP contribution in [0.1, 0.15) is 29.2 Å². The molecule has 0 saturated heterocycles. The van der Waals surface area contributed by atoms with Crippen LogP contribution < -0.4 is 10.2 Å². The van der Waals surface area contributed by atoms with Gasteiger partial charge in [0.1, 0.15) is 5.82 Å². The number of aromatic nitrogens is 2. The second kappa shape index (κ2) is 5.53. The van der Waals surface area contributed by atoms with Crippen LogP contribution in [0.4, 0.5) is 5.82 Å². The van der Waals surface area contributed by atoms with Crippen molar-refractivity contribution in [3.05, 3.63) is 47.2 Å². The van der Waals surface area contributed by atoms with E-state index in [9.17, 15) is 0 Å². The maximum absolute atomic E-state index is 4.54. The predicted molar refractivity (Wildman–Crippen MR) is 86.7 cm³/mol. The Morgan fingerprint density at radius 2 is 2.00 bits per heavy atom. The van der Waals surface area contributed by atoms with Crippen LogP contribution in [0.5, 0.6) is 0 Å². The molecule has 1 heterocycles. The van der Waals surface area contributed by atoms with Gasteiger partial charge in [-0.3, -0.25) is 4.68 Å². The third kappa shape index (κ3) is 2.81. The molecule has 0 radical (unpaired) electrons. The maximum Gasteiger partial charge on any atom is 0.130 e. The Balaban J connectivity index is 1.65. The minimum Gasteiger partial charge on any atom is -0.363 e. The molecule has 0 aliphatic heterocycles. The molecule has 0 spiro atoms. The third-order valence-corrected chi connectivity index (χ3v) is 4.30. The highest BCUT2D eigenvalue weighted by Crippen LogP contribution is 2.41. The minimum absolute atomic E-state index is 0.599. The number of hydrogen-bond donors (Lipinski definition) is 1. The van der Waals surface area contributed by atoms with Gasteiger partial charge in [0, 0.05) is 45.2 Å². The summed E-state index contributed by atoms with van der Waals surface area (Å²) in [5.41, 5.74) is 3.87. The summed E-state index contributed by atoms with van der Waals surface area (Å²) in [6.45, 7) is 2.98. The first-order valence-electron chi connectivity index (χ1n) is 7.56. The van der Waals surface area contributed by atoms with Crippen molar-refractivity contribution in [1.82, 2.24) is 15.1 Å². The summed E-state index contributed by atoms with van der Waals surface area (Å²) in [5, 5.41) is 8.23. The van der Waals surface area contributed by atoms with Crippen LogP contribution in [0.15, 0.2) is 30.3 Å². The lowest BCUT2D eigenvalue weighted by atomic mass is 10.1. The van der Waals surface area contributed by atoms with E-state index in [1.807, 2.05) is 11.7 Å². The first-order valence-corrected chi connectivity index (χ1v) is 7.56. The topological polar surface area (TPSA) is 33.1 Å². The largest absolute Gasteiger partial charge is 0.363 e. The number of nitrogens with zero attached hydrogens (tertiary/aromatic N) is 3. The van der Waals surface area contributed by atoms with Crippen LogP contribution in [0, 0.1) is 6.92 Å². The van der Waals surface area contributed by atoms with Gasteiger partial charge in [-0.05, 0) is 18.9 Å². The Bertz CT molecular complexity index is 615. The van der Waals surface area contributed by atoms with Gasteiger partial charge >= 0.3 is 0 Å². The van der Waals surface area contributed by atoms with E-state index in [2.05, 4.69) is 66.7 Å². The summed E-state index contributed by atoms with van der Waals surface area (Å²) < 4.78 is 1.97. The molecule has 1 aliphatic carbocycles. The van der Waals surface area contributed by atoms with Gasteiger partial charge in [0.15, 0.2) is 0 Å². The van der Waals surface area contributed by atoms with E-state index in [-0.39, 0.29) is 0 Å². The van der Waals surface area contributed by atoms with E-state index in [4.69, 9.17) is 0 Å². The van der Waals surface area contributed by atoms with Crippen LogP contribution in [0.25, 0.3) is 0 Å². The van der Waals surface area contributed by atoms with Crippen molar-refractivity contribution >= 4 is 5.82 Å². The zero-order chi connectivity index (χ0) is 15.0. The average molecular weight is 284 g/mol. The summed E-state index contributed by atoms with van der Waals surface area (Å²) in [7, 11) is 6.16. The smallest absolute Gasteiger partial charge is 0.130 e. The van der Waals surface area contributed by atoms with Gasteiger partial charge in [-0.25, -0.2) is 0 Å². The predicted octanol–water partition coefficient (Wildman–Crippen LogP) is 2.44. The van der Waals surface area contributed by atoms with Gasteiger partial charge < -0.3 is 10.2 Å². The van der Waals surface area contributed by atoms with E-state index >= 15 is 0 Å². The van der Waals surface area contributed by atoms with Gasteiger partial charge in [-0.1, -0.05) is 30.3 Å². The SMILES string of the molecule is Cc1nn(C)c(N(C)C)c1CN[C@@H]1C[C@H]1c1ccccc1. The Hall–Kier alpha value is -1.81. The van der Waals surface area contributed by atoms with Crippen molar-refractivity contribution in [2.45, 2.75) is 31.8 Å². The van der Waals surface area contributed by atoms with Crippen molar-refractivity contribution in [2.75, 3.05) is 19.0 Å². The third-order valence-electron chi connectivity index (χ3n) is 4.30. The molecule has 4 nitrogen and oxygen atoms in total. The van der Waals surface area contributed by atoms with Crippen molar-refractivity contribution < 1.29 is 0 Å². The minimum atomic E-state index is 0.599. The molecule has 0 bridgehead atoms. The van der Waals surface area contributed by atoms with E-state index in [1.165, 1.54) is 23.4 Å². The van der Waals surface area contributed by atoms with E-state index in [1.54, 1.807) is 0 Å². The molecule has 1 aromatic heterocycles. The first-order chi connectivity index (χ1) is 10.1. The highest BCUT2D eigenvalue weighted by atomic mass is 15.4. The zero-order valence-corrected chi connectivity index (χ0v) is 13.3. The Morgan fingerprint density at radius 3 is 2.67 bits per heavy atom. The summed E-state index contributed by atoms with van der Waals surface area (Å²) in [5.74, 6) is 1.86. The van der Waals surface area contributed by atoms with Gasteiger partial charge in [0.25, 0.3) is 0 Å². The van der Waals surface area contributed by atoms with Crippen LogP contribution in [-0.4, -0.2) is 29.9 Å². The molecule has 0 unspecified atom stereocenters. The Labute approximate surface area is 126 Å². The number of nitrogens with one attached hydrogen (secondary N) is 1. The van der Waals surface area contributed by atoms with Gasteiger partial charge in [0.2, 0.25) is 0 Å². The Morgan fingerprint density at radius 1 is 1.29 bits per heavy atom. The molecule has 0 amide bonds. The standard InChI is InChI=1S/C17H24N4/c1-12-15(17(20(2)3)21(4)19-12)11-18-16-10-14(16)13-8-6-5-7-9-13/h5-9,14,16,18H,10-11H2,1-4H3/t14-,16+/m0/s1.